The number of alkyl halides is 1. The van der Waals surface area contributed by atoms with Crippen molar-refractivity contribution >= 4 is 26.7 Å². The van der Waals surface area contributed by atoms with Crippen molar-refractivity contribution in [3.63, 3.8) is 0 Å². The molecular formula is C16H19Br. The van der Waals surface area contributed by atoms with Crippen LogP contribution in [0, 0.1) is 6.92 Å². The first-order chi connectivity index (χ1) is 8.06. The van der Waals surface area contributed by atoms with Crippen LogP contribution in [0.15, 0.2) is 36.4 Å². The Labute approximate surface area is 112 Å². The third-order valence-corrected chi connectivity index (χ3v) is 3.99. The number of fused-ring (bicyclic) bond motifs is 1. The molecule has 17 heavy (non-hydrogen) atoms. The summed E-state index contributed by atoms with van der Waals surface area (Å²) in [6, 6.07) is 13.3. The zero-order valence-electron chi connectivity index (χ0n) is 10.8. The molecule has 1 heteroatoms. The Morgan fingerprint density at radius 3 is 2.29 bits per heavy atom. The zero-order chi connectivity index (χ0) is 12.5. The number of benzene rings is 2. The van der Waals surface area contributed by atoms with Crippen LogP contribution in [0.4, 0.5) is 0 Å². The molecule has 0 nitrogen and oxygen atoms in total. The lowest BCUT2D eigenvalue weighted by Crippen LogP contribution is -2.18. The molecule has 0 unspecified atom stereocenters. The molecule has 0 bridgehead atoms. The molecule has 2 rings (SSSR count). The van der Waals surface area contributed by atoms with Crippen molar-refractivity contribution in [3.05, 3.63) is 47.5 Å². The Morgan fingerprint density at radius 2 is 1.65 bits per heavy atom. The van der Waals surface area contributed by atoms with E-state index in [1.807, 2.05) is 0 Å². The Balaban J connectivity index is 2.67. The molecule has 2 aromatic rings. The first-order valence-electron chi connectivity index (χ1n) is 6.11. The standard InChI is InChI=1S/C16H19Br/c1-12-8-9-15(16(2,3)10-11-17)14-7-5-4-6-13(12)14/h4-9H,10-11H2,1-3H3. The molecule has 2 aromatic carbocycles. The Hall–Kier alpha value is -0.820. The van der Waals surface area contributed by atoms with Crippen molar-refractivity contribution in [2.24, 2.45) is 0 Å². The predicted octanol–water partition coefficient (Wildman–Crippen LogP) is 5.21. The Kier molecular flexibility index (Phi) is 3.58. The van der Waals surface area contributed by atoms with E-state index in [1.54, 1.807) is 0 Å². The van der Waals surface area contributed by atoms with Crippen molar-refractivity contribution in [2.75, 3.05) is 5.33 Å². The Bertz CT molecular complexity index is 526. The summed E-state index contributed by atoms with van der Waals surface area (Å²) < 4.78 is 0. The minimum absolute atomic E-state index is 0.219. The third-order valence-electron chi connectivity index (χ3n) is 3.59. The van der Waals surface area contributed by atoms with Crippen LogP contribution in [0.25, 0.3) is 10.8 Å². The van der Waals surface area contributed by atoms with E-state index in [1.165, 1.54) is 21.9 Å². The highest BCUT2D eigenvalue weighted by Gasteiger charge is 2.22. The summed E-state index contributed by atoms with van der Waals surface area (Å²) in [5.41, 5.74) is 3.04. The van der Waals surface area contributed by atoms with Crippen molar-refractivity contribution in [1.82, 2.24) is 0 Å². The molecule has 0 amide bonds. The number of hydrogen-bond acceptors (Lipinski definition) is 0. The van der Waals surface area contributed by atoms with Gasteiger partial charge in [0.25, 0.3) is 0 Å². The summed E-state index contributed by atoms with van der Waals surface area (Å²) in [4.78, 5) is 0. The van der Waals surface area contributed by atoms with Crippen LogP contribution in [0.2, 0.25) is 0 Å². The minimum atomic E-state index is 0.219. The molecule has 0 aliphatic heterocycles. The van der Waals surface area contributed by atoms with Gasteiger partial charge in [0.15, 0.2) is 0 Å². The molecule has 0 saturated carbocycles. The van der Waals surface area contributed by atoms with E-state index in [-0.39, 0.29) is 5.41 Å². The lowest BCUT2D eigenvalue weighted by Gasteiger charge is -2.26. The summed E-state index contributed by atoms with van der Waals surface area (Å²) in [6.45, 7) is 6.83. The molecule has 0 aliphatic carbocycles. The maximum absolute atomic E-state index is 3.56. The summed E-state index contributed by atoms with van der Waals surface area (Å²) in [5.74, 6) is 0. The van der Waals surface area contributed by atoms with Crippen LogP contribution in [-0.4, -0.2) is 5.33 Å². The maximum Gasteiger partial charge on any atom is 0.00395 e. The molecule has 90 valence electrons. The lowest BCUT2D eigenvalue weighted by molar-refractivity contribution is 0.517. The molecule has 0 radical (unpaired) electrons. The molecule has 0 aliphatic rings. The van der Waals surface area contributed by atoms with E-state index >= 15 is 0 Å². The topological polar surface area (TPSA) is 0 Å². The molecule has 0 saturated heterocycles. The Morgan fingerprint density at radius 1 is 1.00 bits per heavy atom. The highest BCUT2D eigenvalue weighted by molar-refractivity contribution is 9.09. The van der Waals surface area contributed by atoms with Crippen molar-refractivity contribution in [2.45, 2.75) is 32.6 Å². The van der Waals surface area contributed by atoms with Gasteiger partial charge in [-0.2, -0.15) is 0 Å². The summed E-state index contributed by atoms with van der Waals surface area (Å²) in [6.07, 6.45) is 1.15. The van der Waals surface area contributed by atoms with Gasteiger partial charge in [0.2, 0.25) is 0 Å². The summed E-state index contributed by atoms with van der Waals surface area (Å²) >= 11 is 3.56. The highest BCUT2D eigenvalue weighted by Crippen LogP contribution is 2.34. The van der Waals surface area contributed by atoms with E-state index < -0.39 is 0 Å². The van der Waals surface area contributed by atoms with Gasteiger partial charge in [-0.25, -0.2) is 0 Å². The van der Waals surface area contributed by atoms with E-state index in [0.717, 1.165) is 11.8 Å². The fraction of sp³-hybridized carbons (Fsp3) is 0.375. The van der Waals surface area contributed by atoms with Crippen LogP contribution in [-0.2, 0) is 5.41 Å². The van der Waals surface area contributed by atoms with Crippen LogP contribution in [0.1, 0.15) is 31.4 Å². The van der Waals surface area contributed by atoms with Gasteiger partial charge >= 0.3 is 0 Å². The van der Waals surface area contributed by atoms with Gasteiger partial charge in [-0.1, -0.05) is 66.2 Å². The van der Waals surface area contributed by atoms with Crippen LogP contribution in [0.5, 0.6) is 0 Å². The van der Waals surface area contributed by atoms with E-state index in [9.17, 15) is 0 Å². The van der Waals surface area contributed by atoms with Crippen molar-refractivity contribution < 1.29 is 0 Å². The van der Waals surface area contributed by atoms with Gasteiger partial charge in [0, 0.05) is 5.33 Å². The second-order valence-electron chi connectivity index (χ2n) is 5.30. The zero-order valence-corrected chi connectivity index (χ0v) is 12.3. The summed E-state index contributed by atoms with van der Waals surface area (Å²) in [5, 5.41) is 3.83. The molecule has 0 N–H and O–H groups in total. The van der Waals surface area contributed by atoms with Gasteiger partial charge in [0.1, 0.15) is 0 Å². The van der Waals surface area contributed by atoms with E-state index in [2.05, 4.69) is 73.1 Å². The first-order valence-corrected chi connectivity index (χ1v) is 7.23. The second-order valence-corrected chi connectivity index (χ2v) is 6.09. The molecular weight excluding hydrogens is 272 g/mol. The van der Waals surface area contributed by atoms with Gasteiger partial charge in [0.05, 0.1) is 0 Å². The largest absolute Gasteiger partial charge is 0.0928 e. The van der Waals surface area contributed by atoms with Gasteiger partial charge < -0.3 is 0 Å². The van der Waals surface area contributed by atoms with Crippen molar-refractivity contribution in [1.29, 1.82) is 0 Å². The predicted molar refractivity (Wildman–Crippen MR) is 80.1 cm³/mol. The van der Waals surface area contributed by atoms with E-state index in [0.29, 0.717) is 0 Å². The quantitative estimate of drug-likeness (QED) is 0.681. The van der Waals surface area contributed by atoms with Gasteiger partial charge in [-0.05, 0) is 40.7 Å². The number of halogens is 1. The van der Waals surface area contributed by atoms with Gasteiger partial charge in [-0.3, -0.25) is 0 Å². The lowest BCUT2D eigenvalue weighted by atomic mass is 9.79. The highest BCUT2D eigenvalue weighted by atomic mass is 79.9. The fourth-order valence-corrected chi connectivity index (χ4v) is 3.40. The number of aryl methyl sites for hydroxylation is 1. The van der Waals surface area contributed by atoms with Gasteiger partial charge in [-0.15, -0.1) is 0 Å². The SMILES string of the molecule is Cc1ccc(C(C)(C)CCBr)c2ccccc12. The number of hydrogen-bond donors (Lipinski definition) is 0. The molecule has 0 heterocycles. The monoisotopic (exact) mass is 290 g/mol. The van der Waals surface area contributed by atoms with Crippen LogP contribution in [0.3, 0.4) is 0 Å². The minimum Gasteiger partial charge on any atom is -0.0928 e. The third kappa shape index (κ3) is 2.40. The average Bonchev–Trinajstić information content (AvgIpc) is 2.29. The van der Waals surface area contributed by atoms with Crippen LogP contribution < -0.4 is 0 Å². The van der Waals surface area contributed by atoms with Crippen molar-refractivity contribution in [3.8, 4) is 0 Å². The average molecular weight is 291 g/mol. The smallest absolute Gasteiger partial charge is 0.00395 e. The molecule has 0 aromatic heterocycles. The summed E-state index contributed by atoms with van der Waals surface area (Å²) in [7, 11) is 0. The molecule has 0 fully saturated rings. The van der Waals surface area contributed by atoms with E-state index in [4.69, 9.17) is 0 Å². The normalized spacial score (nSPS) is 12.0. The fourth-order valence-electron chi connectivity index (χ4n) is 2.41. The second kappa shape index (κ2) is 4.81. The molecule has 0 atom stereocenters. The first kappa shape index (κ1) is 12.6. The molecule has 0 spiro atoms. The number of rotatable bonds is 3. The maximum atomic E-state index is 3.56. The van der Waals surface area contributed by atoms with Crippen LogP contribution >= 0.6 is 15.9 Å².